The highest BCUT2D eigenvalue weighted by Gasteiger charge is 2.20. The molecule has 0 aliphatic carbocycles. The molecule has 0 radical (unpaired) electrons. The maximum atomic E-state index is 10.9. The van der Waals surface area contributed by atoms with E-state index in [2.05, 4.69) is 29.2 Å². The summed E-state index contributed by atoms with van der Waals surface area (Å²) in [5, 5.41) is 0. The van der Waals surface area contributed by atoms with Crippen LogP contribution in [-0.4, -0.2) is 39.3 Å². The van der Waals surface area contributed by atoms with Gasteiger partial charge in [-0.1, -0.05) is 30.3 Å². The minimum absolute atomic E-state index is 0.331. The van der Waals surface area contributed by atoms with Crippen molar-refractivity contribution in [3.8, 4) is 0 Å². The lowest BCUT2D eigenvalue weighted by Gasteiger charge is -2.31. The monoisotopic (exact) mass is 283 g/mol. The Morgan fingerprint density at radius 3 is 2.42 bits per heavy atom. The highest BCUT2D eigenvalue weighted by atomic mass is 32.2. The molecule has 0 atom stereocenters. The molecule has 19 heavy (non-hydrogen) atoms. The first-order valence-corrected chi connectivity index (χ1v) is 8.45. The van der Waals surface area contributed by atoms with Crippen molar-refractivity contribution in [2.24, 2.45) is 5.92 Å². The van der Waals surface area contributed by atoms with Gasteiger partial charge in [-0.3, -0.25) is 9.08 Å². The van der Waals surface area contributed by atoms with E-state index in [-0.39, 0.29) is 0 Å². The second-order valence-electron chi connectivity index (χ2n) is 5.19. The van der Waals surface area contributed by atoms with Crippen LogP contribution in [0.1, 0.15) is 18.4 Å². The van der Waals surface area contributed by atoms with Crippen molar-refractivity contribution >= 4 is 10.1 Å². The normalized spacial score (nSPS) is 18.6. The van der Waals surface area contributed by atoms with Crippen LogP contribution in [0, 0.1) is 5.92 Å². The Balaban J connectivity index is 1.74. The Hall–Kier alpha value is -0.910. The van der Waals surface area contributed by atoms with Crippen molar-refractivity contribution in [2.45, 2.75) is 19.4 Å². The van der Waals surface area contributed by atoms with Gasteiger partial charge in [-0.25, -0.2) is 0 Å². The molecule has 0 aromatic heterocycles. The Morgan fingerprint density at radius 1 is 1.21 bits per heavy atom. The van der Waals surface area contributed by atoms with Gasteiger partial charge in [-0.2, -0.15) is 8.42 Å². The molecule has 1 fully saturated rings. The molecule has 4 nitrogen and oxygen atoms in total. The highest BCUT2D eigenvalue weighted by Crippen LogP contribution is 2.19. The van der Waals surface area contributed by atoms with Crippen LogP contribution in [0.3, 0.4) is 0 Å². The van der Waals surface area contributed by atoms with E-state index in [0.717, 1.165) is 38.7 Å². The third kappa shape index (κ3) is 5.30. The molecular formula is C14H21NO3S. The molecule has 106 valence electrons. The average molecular weight is 283 g/mol. The second-order valence-corrected chi connectivity index (χ2v) is 6.84. The third-order valence-electron chi connectivity index (χ3n) is 3.47. The molecule has 1 heterocycles. The van der Waals surface area contributed by atoms with Crippen LogP contribution in [-0.2, 0) is 20.8 Å². The molecule has 0 amide bonds. The van der Waals surface area contributed by atoms with Gasteiger partial charge in [0, 0.05) is 6.54 Å². The summed E-state index contributed by atoms with van der Waals surface area (Å²) in [7, 11) is -3.30. The van der Waals surface area contributed by atoms with Crippen molar-refractivity contribution in [3.05, 3.63) is 35.9 Å². The van der Waals surface area contributed by atoms with E-state index in [0.29, 0.717) is 12.5 Å². The second kappa shape index (κ2) is 6.50. The van der Waals surface area contributed by atoms with E-state index in [4.69, 9.17) is 4.18 Å². The largest absolute Gasteiger partial charge is 0.299 e. The number of hydrogen-bond donors (Lipinski definition) is 0. The van der Waals surface area contributed by atoms with Gasteiger partial charge in [0.05, 0.1) is 12.9 Å². The smallest absolute Gasteiger partial charge is 0.264 e. The Labute approximate surface area is 115 Å². The predicted octanol–water partition coefficient (Wildman–Crippen LogP) is 1.87. The molecule has 0 bridgehead atoms. The van der Waals surface area contributed by atoms with Crippen LogP contribution in [0.25, 0.3) is 0 Å². The van der Waals surface area contributed by atoms with Crippen molar-refractivity contribution in [3.63, 3.8) is 0 Å². The fourth-order valence-corrected chi connectivity index (χ4v) is 2.81. The minimum Gasteiger partial charge on any atom is -0.299 e. The van der Waals surface area contributed by atoms with Crippen molar-refractivity contribution in [1.82, 2.24) is 4.90 Å². The van der Waals surface area contributed by atoms with Gasteiger partial charge >= 0.3 is 0 Å². The van der Waals surface area contributed by atoms with Crippen LogP contribution >= 0.6 is 0 Å². The van der Waals surface area contributed by atoms with Gasteiger partial charge in [0.15, 0.2) is 0 Å². The molecule has 0 spiro atoms. The summed E-state index contributed by atoms with van der Waals surface area (Å²) in [6.45, 7) is 3.32. The topological polar surface area (TPSA) is 46.6 Å². The Kier molecular flexibility index (Phi) is 4.96. The first-order valence-electron chi connectivity index (χ1n) is 6.63. The summed E-state index contributed by atoms with van der Waals surface area (Å²) in [5.74, 6) is 0.363. The number of benzene rings is 1. The van der Waals surface area contributed by atoms with Crippen LogP contribution in [0.15, 0.2) is 30.3 Å². The van der Waals surface area contributed by atoms with E-state index in [1.165, 1.54) is 5.56 Å². The Morgan fingerprint density at radius 2 is 1.84 bits per heavy atom. The summed E-state index contributed by atoms with van der Waals surface area (Å²) in [5.41, 5.74) is 1.33. The zero-order chi connectivity index (χ0) is 13.7. The molecule has 1 saturated heterocycles. The molecule has 1 aliphatic heterocycles. The van der Waals surface area contributed by atoms with E-state index in [1.54, 1.807) is 0 Å². The number of piperidine rings is 1. The van der Waals surface area contributed by atoms with Crippen LogP contribution in [0.5, 0.6) is 0 Å². The van der Waals surface area contributed by atoms with E-state index in [9.17, 15) is 8.42 Å². The molecule has 5 heteroatoms. The summed E-state index contributed by atoms with van der Waals surface area (Å²) in [6, 6.07) is 10.4. The minimum atomic E-state index is -3.30. The van der Waals surface area contributed by atoms with Crippen molar-refractivity contribution < 1.29 is 12.6 Å². The fourth-order valence-electron chi connectivity index (χ4n) is 2.37. The Bertz CT molecular complexity index is 479. The molecule has 1 aromatic carbocycles. The number of nitrogens with zero attached hydrogens (tertiary/aromatic N) is 1. The van der Waals surface area contributed by atoms with Gasteiger partial charge in [0.2, 0.25) is 0 Å². The molecule has 1 aromatic rings. The first kappa shape index (κ1) is 14.5. The lowest BCUT2D eigenvalue weighted by atomic mass is 9.97. The zero-order valence-corrected chi connectivity index (χ0v) is 12.1. The molecule has 1 aliphatic rings. The van der Waals surface area contributed by atoms with Crippen LogP contribution < -0.4 is 0 Å². The van der Waals surface area contributed by atoms with E-state index < -0.39 is 10.1 Å². The summed E-state index contributed by atoms with van der Waals surface area (Å²) >= 11 is 0. The summed E-state index contributed by atoms with van der Waals surface area (Å²) in [6.07, 6.45) is 3.11. The van der Waals surface area contributed by atoms with Gasteiger partial charge in [-0.05, 0) is 37.4 Å². The summed E-state index contributed by atoms with van der Waals surface area (Å²) < 4.78 is 26.8. The molecule has 2 rings (SSSR count). The van der Waals surface area contributed by atoms with Crippen LogP contribution in [0.4, 0.5) is 0 Å². The van der Waals surface area contributed by atoms with Gasteiger partial charge in [0.25, 0.3) is 10.1 Å². The van der Waals surface area contributed by atoms with E-state index in [1.807, 2.05) is 6.07 Å². The molecule has 0 saturated carbocycles. The van der Waals surface area contributed by atoms with E-state index >= 15 is 0 Å². The van der Waals surface area contributed by atoms with Crippen molar-refractivity contribution in [2.75, 3.05) is 26.0 Å². The maximum Gasteiger partial charge on any atom is 0.264 e. The third-order valence-corrected chi connectivity index (χ3v) is 4.04. The lowest BCUT2D eigenvalue weighted by molar-refractivity contribution is 0.139. The lowest BCUT2D eigenvalue weighted by Crippen LogP contribution is -2.34. The molecule has 0 N–H and O–H groups in total. The van der Waals surface area contributed by atoms with Crippen molar-refractivity contribution in [1.29, 1.82) is 0 Å². The molecule has 0 unspecified atom stereocenters. The number of rotatable bonds is 5. The highest BCUT2D eigenvalue weighted by molar-refractivity contribution is 7.85. The SMILES string of the molecule is CS(=O)(=O)OCC1CCN(Cc2ccccc2)CC1. The number of hydrogen-bond acceptors (Lipinski definition) is 4. The molecular weight excluding hydrogens is 262 g/mol. The first-order chi connectivity index (χ1) is 9.03. The number of likely N-dealkylation sites (tertiary alicyclic amines) is 1. The maximum absolute atomic E-state index is 10.9. The van der Waals surface area contributed by atoms with Crippen LogP contribution in [0.2, 0.25) is 0 Å². The summed E-state index contributed by atoms with van der Waals surface area (Å²) in [4.78, 5) is 2.41. The fraction of sp³-hybridized carbons (Fsp3) is 0.571. The quantitative estimate of drug-likeness (QED) is 0.774. The predicted molar refractivity (Wildman–Crippen MR) is 75.2 cm³/mol. The van der Waals surface area contributed by atoms with Gasteiger partial charge in [-0.15, -0.1) is 0 Å². The van der Waals surface area contributed by atoms with Gasteiger partial charge in [0.1, 0.15) is 0 Å². The van der Waals surface area contributed by atoms with Gasteiger partial charge < -0.3 is 0 Å². The standard InChI is InChI=1S/C14H21NO3S/c1-19(16,17)18-12-14-7-9-15(10-8-14)11-13-5-3-2-4-6-13/h2-6,14H,7-12H2,1H3. The zero-order valence-electron chi connectivity index (χ0n) is 11.3. The average Bonchev–Trinajstić information content (AvgIpc) is 2.38.